The summed E-state index contributed by atoms with van der Waals surface area (Å²) in [5, 5.41) is 204. The maximum absolute atomic E-state index is 10.6. The molecule has 30 atom stereocenters. The summed E-state index contributed by atoms with van der Waals surface area (Å²) in [4.78, 5) is 0. The Morgan fingerprint density at radius 2 is 0.425 bits per heavy atom. The number of hydrogen-bond donors (Lipinski definition) is 20. The second-order valence-electron chi connectivity index (χ2n) is 21.6. The molecule has 0 aliphatic carbocycles. The zero-order valence-corrected chi connectivity index (χ0v) is 47.6. The van der Waals surface area contributed by atoms with Crippen LogP contribution in [0.4, 0.5) is 0 Å². The van der Waals surface area contributed by atoms with Crippen molar-refractivity contribution in [1.29, 1.82) is 0 Å². The van der Waals surface area contributed by atoms with Crippen LogP contribution in [0.2, 0.25) is 0 Å². The van der Waals surface area contributed by atoms with Crippen molar-refractivity contribution in [2.45, 2.75) is 216 Å². The molecule has 87 heavy (non-hydrogen) atoms. The van der Waals surface area contributed by atoms with E-state index in [-0.39, 0.29) is 105 Å². The molecule has 0 saturated carbocycles. The van der Waals surface area contributed by atoms with E-state index in [2.05, 4.69) is 0 Å². The van der Waals surface area contributed by atoms with E-state index < -0.39 is 217 Å². The van der Waals surface area contributed by atoms with Crippen molar-refractivity contribution in [2.75, 3.05) is 106 Å². The molecule has 0 amide bonds. The monoisotopic (exact) mass is 1280 g/mol. The van der Waals surface area contributed by atoms with Crippen molar-refractivity contribution < 1.29 is 178 Å². The molecule has 0 aromatic rings. The molecule has 6 heterocycles. The summed E-state index contributed by atoms with van der Waals surface area (Å²) in [5.41, 5.74) is 0. The summed E-state index contributed by atoms with van der Waals surface area (Å²) in [6, 6.07) is 0. The minimum absolute atomic E-state index is 0.0299. The molecular weight excluding hydrogens is 1190 g/mol. The fourth-order valence-corrected chi connectivity index (χ4v) is 10.2. The second kappa shape index (κ2) is 37.5. The zero-order chi connectivity index (χ0) is 63.5. The van der Waals surface area contributed by atoms with Gasteiger partial charge >= 0.3 is 0 Å². The van der Waals surface area contributed by atoms with Crippen molar-refractivity contribution in [3.05, 3.63) is 0 Å². The molecule has 6 aliphatic rings. The molecule has 6 saturated heterocycles. The number of ether oxygens (including phenoxy) is 16. The maximum atomic E-state index is 10.6. The summed E-state index contributed by atoms with van der Waals surface area (Å²) in [7, 11) is 0. The maximum Gasteiger partial charge on any atom is 0.186 e. The summed E-state index contributed by atoms with van der Waals surface area (Å²) >= 11 is 0. The number of aliphatic hydroxyl groups is 20. The molecular formula is C51H92O36. The van der Waals surface area contributed by atoms with Crippen LogP contribution >= 0.6 is 0 Å². The fourth-order valence-electron chi connectivity index (χ4n) is 10.2. The average Bonchev–Trinajstić information content (AvgIpc) is 1.71. The van der Waals surface area contributed by atoms with Gasteiger partial charge in [-0.1, -0.05) is 0 Å². The van der Waals surface area contributed by atoms with Gasteiger partial charge in [-0.2, -0.15) is 0 Å². The van der Waals surface area contributed by atoms with Gasteiger partial charge in [-0.15, -0.1) is 0 Å². The third-order valence-corrected chi connectivity index (χ3v) is 15.3. The van der Waals surface area contributed by atoms with E-state index in [4.69, 9.17) is 75.8 Å². The number of rotatable bonds is 36. The van der Waals surface area contributed by atoms with Gasteiger partial charge in [0.15, 0.2) is 37.7 Å². The topological polar surface area (TPSA) is 552 Å². The van der Waals surface area contributed by atoms with Gasteiger partial charge in [0.2, 0.25) is 0 Å². The Labute approximate surface area is 499 Å². The molecule has 0 aromatic carbocycles. The standard InChI is InChI=1S/C51H92O36/c52-16-22-28(57)33(62)38(67)46(82-22)76-10-1-6-72-21-27-43(73-7-2-11-77-47-39(68)34(63)29(58)23(17-53)83-47)44(74-8-3-12-78-48-40(69)35(64)30(59)24(18-54)84-48)45(75-9-4-13-79-49-41(70)36(65)31(60)25(19-55)85-49)51(87-27)81-15-5-14-80-50-42(71)37(66)32(61)26(20-56)86-50/h22-71H,1-21H2/t22-,23-,24-,25-,26-,27-,28-,29-,30-,31-,32-,33+,34+,35+,36+,37+,38+,39+,40+,41+,42+,43-,44+,45-,46+,47+,48+,49+,50+,51-/m1/s1. The van der Waals surface area contributed by atoms with Crippen LogP contribution < -0.4 is 0 Å². The van der Waals surface area contributed by atoms with Crippen LogP contribution in [-0.2, 0) is 75.8 Å². The van der Waals surface area contributed by atoms with Crippen LogP contribution in [0.3, 0.4) is 0 Å². The average molecular weight is 1280 g/mol. The van der Waals surface area contributed by atoms with Gasteiger partial charge in [0.25, 0.3) is 0 Å². The highest BCUT2D eigenvalue weighted by Crippen LogP contribution is 2.32. The lowest BCUT2D eigenvalue weighted by molar-refractivity contribution is -0.327. The SMILES string of the molecule is OC[C@H]1O[C@H](OCCCOC[C@H]2O[C@@H](OCCCO[C@H]3O[C@H](CO)[C@@H](O)[C@H](O)[C@@H]3O)[C@H](OCCCO[C@H]3O[C@H](CO)[C@@H](O)[C@H](O)[C@@H]3O)[C@@H](OCCCO[C@H]3O[C@H](CO)[C@@H](O)[C@H](O)[C@@H]3O)[C@@H]2OCCCO[C@H]2O[C@H](CO)[C@@H](O)[C@H](O)[C@@H]2O)[C@@H](O)[C@@H](O)[C@@H]1O. The highest BCUT2D eigenvalue weighted by Gasteiger charge is 2.51. The number of hydrogen-bond acceptors (Lipinski definition) is 36. The molecule has 0 unspecified atom stereocenters. The quantitative estimate of drug-likeness (QED) is 0.0259. The molecule has 20 N–H and O–H groups in total. The zero-order valence-electron chi connectivity index (χ0n) is 47.6. The van der Waals surface area contributed by atoms with Crippen LogP contribution in [0.25, 0.3) is 0 Å². The van der Waals surface area contributed by atoms with Gasteiger partial charge in [-0.3, -0.25) is 0 Å². The van der Waals surface area contributed by atoms with Crippen LogP contribution in [0.15, 0.2) is 0 Å². The van der Waals surface area contributed by atoms with Crippen molar-refractivity contribution in [3.8, 4) is 0 Å². The van der Waals surface area contributed by atoms with E-state index in [0.29, 0.717) is 0 Å². The molecule has 0 aromatic heterocycles. The summed E-state index contributed by atoms with van der Waals surface area (Å²) in [6.07, 6.45) is -44.8. The second-order valence-corrected chi connectivity index (χ2v) is 21.6. The Morgan fingerprint density at radius 1 is 0.207 bits per heavy atom. The van der Waals surface area contributed by atoms with Crippen molar-refractivity contribution in [1.82, 2.24) is 0 Å². The summed E-state index contributed by atoms with van der Waals surface area (Å²) < 4.78 is 94.1. The lowest BCUT2D eigenvalue weighted by Crippen LogP contribution is -2.62. The molecule has 0 bridgehead atoms. The van der Waals surface area contributed by atoms with E-state index in [1.807, 2.05) is 0 Å². The first-order valence-electron chi connectivity index (χ1n) is 29.0. The van der Waals surface area contributed by atoms with Crippen molar-refractivity contribution in [3.63, 3.8) is 0 Å². The Bertz CT molecular complexity index is 1850. The molecule has 0 radical (unpaired) electrons. The third-order valence-electron chi connectivity index (χ3n) is 15.3. The predicted octanol–water partition coefficient (Wildman–Crippen LogP) is -12.1. The van der Waals surface area contributed by atoms with Crippen LogP contribution in [0, 0.1) is 0 Å². The van der Waals surface area contributed by atoms with Gasteiger partial charge in [-0.25, -0.2) is 0 Å². The molecule has 512 valence electrons. The molecule has 6 fully saturated rings. The molecule has 36 heteroatoms. The minimum atomic E-state index is -1.73. The van der Waals surface area contributed by atoms with Gasteiger partial charge in [0.1, 0.15) is 146 Å². The lowest BCUT2D eigenvalue weighted by Gasteiger charge is -2.46. The van der Waals surface area contributed by atoms with Crippen LogP contribution in [0.1, 0.15) is 32.1 Å². The van der Waals surface area contributed by atoms with E-state index >= 15 is 0 Å². The highest BCUT2D eigenvalue weighted by atomic mass is 16.8. The predicted molar refractivity (Wildman–Crippen MR) is 276 cm³/mol. The van der Waals surface area contributed by atoms with Crippen LogP contribution in [-0.4, -0.2) is 392 Å². The van der Waals surface area contributed by atoms with E-state index in [1.165, 1.54) is 0 Å². The van der Waals surface area contributed by atoms with Gasteiger partial charge in [0, 0.05) is 26.4 Å². The largest absolute Gasteiger partial charge is 0.394 e. The smallest absolute Gasteiger partial charge is 0.186 e. The van der Waals surface area contributed by atoms with Crippen LogP contribution in [0.5, 0.6) is 0 Å². The Kier molecular flexibility index (Phi) is 32.1. The first-order valence-corrected chi connectivity index (χ1v) is 29.0. The van der Waals surface area contributed by atoms with Gasteiger partial charge in [-0.05, 0) is 32.1 Å². The fraction of sp³-hybridized carbons (Fsp3) is 1.00. The first kappa shape index (κ1) is 74.6. The minimum Gasteiger partial charge on any atom is -0.394 e. The van der Waals surface area contributed by atoms with Gasteiger partial charge in [0.05, 0.1) is 79.3 Å². The normalized spacial score (nSPS) is 43.9. The molecule has 0 spiro atoms. The number of aliphatic hydroxyl groups excluding tert-OH is 20. The molecule has 6 aliphatic heterocycles. The van der Waals surface area contributed by atoms with Crippen molar-refractivity contribution >= 4 is 0 Å². The Hall–Kier alpha value is -1.44. The van der Waals surface area contributed by atoms with Crippen molar-refractivity contribution in [2.24, 2.45) is 0 Å². The van der Waals surface area contributed by atoms with Gasteiger partial charge < -0.3 is 178 Å². The summed E-state index contributed by atoms with van der Waals surface area (Å²) in [6.45, 7) is -5.55. The third kappa shape index (κ3) is 20.0. The highest BCUT2D eigenvalue weighted by molar-refractivity contribution is 4.95. The Balaban J connectivity index is 1.21. The lowest BCUT2D eigenvalue weighted by atomic mass is 9.98. The van der Waals surface area contributed by atoms with E-state index in [0.717, 1.165) is 0 Å². The summed E-state index contributed by atoms with van der Waals surface area (Å²) in [5.74, 6) is 0. The molecule has 6 rings (SSSR count). The Morgan fingerprint density at radius 3 is 0.701 bits per heavy atom. The first-order chi connectivity index (χ1) is 41.7. The van der Waals surface area contributed by atoms with E-state index in [1.54, 1.807) is 0 Å². The van der Waals surface area contributed by atoms with E-state index in [9.17, 15) is 102 Å². The molecule has 36 nitrogen and oxygen atoms in total.